The van der Waals surface area contributed by atoms with Crippen LogP contribution in [0.5, 0.6) is 0 Å². The third-order valence-corrected chi connectivity index (χ3v) is 4.45. The molecule has 0 radical (unpaired) electrons. The highest BCUT2D eigenvalue weighted by atomic mass is 32.1. The predicted octanol–water partition coefficient (Wildman–Crippen LogP) is 2.75. The molecule has 0 spiro atoms. The zero-order valence-electron chi connectivity index (χ0n) is 10.7. The molecule has 0 saturated heterocycles. The van der Waals surface area contributed by atoms with E-state index in [2.05, 4.69) is 39.5 Å². The van der Waals surface area contributed by atoms with Gasteiger partial charge in [0.25, 0.3) is 0 Å². The lowest BCUT2D eigenvalue weighted by Crippen LogP contribution is -2.16. The van der Waals surface area contributed by atoms with E-state index in [1.54, 1.807) is 0 Å². The van der Waals surface area contributed by atoms with Crippen molar-refractivity contribution < 1.29 is 0 Å². The second-order valence-corrected chi connectivity index (χ2v) is 6.00. The van der Waals surface area contributed by atoms with E-state index in [9.17, 15) is 0 Å². The molecule has 0 bridgehead atoms. The van der Waals surface area contributed by atoms with Gasteiger partial charge < -0.3 is 5.32 Å². The van der Waals surface area contributed by atoms with Gasteiger partial charge in [-0.15, -0.1) is 11.3 Å². The first-order valence-corrected chi connectivity index (χ1v) is 7.48. The number of hydrogen-bond donors (Lipinski definition) is 1. The molecular weight excluding hydrogens is 242 g/mol. The summed E-state index contributed by atoms with van der Waals surface area (Å²) in [6, 6.07) is 5.07. The molecule has 1 aliphatic rings. The standard InChI is InChI=1S/C14H19N3S/c1-11-12(9-15-13-4-5-13)10-16-17(11)7-6-14-3-2-8-18-14/h2-3,8,10,13,15H,4-7,9H2,1H3. The normalized spacial score (nSPS) is 15.2. The largest absolute Gasteiger partial charge is 0.310 e. The summed E-state index contributed by atoms with van der Waals surface area (Å²) in [5.74, 6) is 0. The number of aryl methyl sites for hydroxylation is 2. The minimum absolute atomic E-state index is 0.763. The minimum atomic E-state index is 0.763. The highest BCUT2D eigenvalue weighted by Crippen LogP contribution is 2.20. The van der Waals surface area contributed by atoms with Gasteiger partial charge in [0.1, 0.15) is 0 Å². The summed E-state index contributed by atoms with van der Waals surface area (Å²) >= 11 is 1.82. The molecule has 1 saturated carbocycles. The first-order chi connectivity index (χ1) is 8.83. The number of thiophene rings is 1. The first-order valence-electron chi connectivity index (χ1n) is 6.60. The molecule has 2 heterocycles. The smallest absolute Gasteiger partial charge is 0.0537 e. The monoisotopic (exact) mass is 261 g/mol. The Bertz CT molecular complexity index is 497. The Morgan fingerprint density at radius 2 is 2.39 bits per heavy atom. The van der Waals surface area contributed by atoms with Crippen LogP contribution in [0.25, 0.3) is 0 Å². The number of aromatic nitrogens is 2. The minimum Gasteiger partial charge on any atom is -0.310 e. The van der Waals surface area contributed by atoms with Crippen LogP contribution < -0.4 is 5.32 Å². The quantitative estimate of drug-likeness (QED) is 0.866. The highest BCUT2D eigenvalue weighted by Gasteiger charge is 2.20. The molecule has 2 aromatic rings. The van der Waals surface area contributed by atoms with Crippen LogP contribution in [0, 0.1) is 6.92 Å². The molecule has 3 rings (SSSR count). The van der Waals surface area contributed by atoms with Crippen molar-refractivity contribution in [3.05, 3.63) is 39.8 Å². The van der Waals surface area contributed by atoms with Crippen LogP contribution in [0.2, 0.25) is 0 Å². The SMILES string of the molecule is Cc1c(CNC2CC2)cnn1CCc1cccs1. The van der Waals surface area contributed by atoms with Crippen LogP contribution in [0.3, 0.4) is 0 Å². The van der Waals surface area contributed by atoms with Gasteiger partial charge in [-0.05, 0) is 31.2 Å². The summed E-state index contributed by atoms with van der Waals surface area (Å²) in [4.78, 5) is 1.43. The Kier molecular flexibility index (Phi) is 3.48. The maximum absolute atomic E-state index is 4.49. The highest BCUT2D eigenvalue weighted by molar-refractivity contribution is 7.09. The fourth-order valence-corrected chi connectivity index (χ4v) is 2.80. The third-order valence-electron chi connectivity index (χ3n) is 3.51. The van der Waals surface area contributed by atoms with Crippen LogP contribution >= 0.6 is 11.3 Å². The first kappa shape index (κ1) is 11.9. The van der Waals surface area contributed by atoms with Gasteiger partial charge >= 0.3 is 0 Å². The summed E-state index contributed by atoms with van der Waals surface area (Å²) in [6.45, 7) is 4.12. The van der Waals surface area contributed by atoms with Crippen molar-refractivity contribution in [3.63, 3.8) is 0 Å². The second kappa shape index (κ2) is 5.24. The molecule has 0 aromatic carbocycles. The second-order valence-electron chi connectivity index (χ2n) is 4.96. The predicted molar refractivity (Wildman–Crippen MR) is 74.8 cm³/mol. The Morgan fingerprint density at radius 3 is 3.11 bits per heavy atom. The molecule has 3 nitrogen and oxygen atoms in total. The van der Waals surface area contributed by atoms with Crippen molar-refractivity contribution in [2.75, 3.05) is 0 Å². The molecule has 0 unspecified atom stereocenters. The molecule has 0 amide bonds. The van der Waals surface area contributed by atoms with Gasteiger partial charge in [0, 0.05) is 41.7 Å². The van der Waals surface area contributed by atoms with Crippen LogP contribution in [-0.4, -0.2) is 15.8 Å². The molecule has 1 aliphatic carbocycles. The summed E-state index contributed by atoms with van der Waals surface area (Å²) in [6.07, 6.45) is 5.77. The lowest BCUT2D eigenvalue weighted by Gasteiger charge is -2.05. The summed E-state index contributed by atoms with van der Waals surface area (Å²) in [5, 5.41) is 10.2. The van der Waals surface area contributed by atoms with E-state index in [0.29, 0.717) is 0 Å². The third kappa shape index (κ3) is 2.82. The maximum atomic E-state index is 4.49. The summed E-state index contributed by atoms with van der Waals surface area (Å²) in [5.41, 5.74) is 2.65. The van der Waals surface area contributed by atoms with Gasteiger partial charge in [0.05, 0.1) is 6.20 Å². The Morgan fingerprint density at radius 1 is 1.50 bits per heavy atom. The number of nitrogens with one attached hydrogen (secondary N) is 1. The number of nitrogens with zero attached hydrogens (tertiary/aromatic N) is 2. The Balaban J connectivity index is 1.58. The fourth-order valence-electron chi connectivity index (χ4n) is 2.10. The van der Waals surface area contributed by atoms with E-state index in [-0.39, 0.29) is 0 Å². The van der Waals surface area contributed by atoms with Gasteiger partial charge in [0.2, 0.25) is 0 Å². The topological polar surface area (TPSA) is 29.9 Å². The summed E-state index contributed by atoms with van der Waals surface area (Å²) < 4.78 is 2.13. The van der Waals surface area contributed by atoms with Gasteiger partial charge in [-0.2, -0.15) is 5.10 Å². The zero-order valence-corrected chi connectivity index (χ0v) is 11.5. The zero-order chi connectivity index (χ0) is 12.4. The van der Waals surface area contributed by atoms with E-state index >= 15 is 0 Å². The molecule has 18 heavy (non-hydrogen) atoms. The van der Waals surface area contributed by atoms with Crippen LogP contribution in [0.1, 0.15) is 29.0 Å². The average Bonchev–Trinajstić information content (AvgIpc) is 2.93. The van der Waals surface area contributed by atoms with Crippen molar-refractivity contribution in [2.24, 2.45) is 0 Å². The van der Waals surface area contributed by atoms with Crippen molar-refractivity contribution >= 4 is 11.3 Å². The van der Waals surface area contributed by atoms with Gasteiger partial charge in [-0.25, -0.2) is 0 Å². The van der Waals surface area contributed by atoms with Crippen molar-refractivity contribution in [2.45, 2.75) is 45.3 Å². The van der Waals surface area contributed by atoms with Crippen LogP contribution in [-0.2, 0) is 19.5 Å². The molecule has 2 aromatic heterocycles. The number of hydrogen-bond acceptors (Lipinski definition) is 3. The van der Waals surface area contributed by atoms with Gasteiger partial charge in [0.15, 0.2) is 0 Å². The molecular formula is C14H19N3S. The molecule has 1 fully saturated rings. The summed E-state index contributed by atoms with van der Waals surface area (Å²) in [7, 11) is 0. The molecule has 1 N–H and O–H groups in total. The van der Waals surface area contributed by atoms with Crippen molar-refractivity contribution in [1.82, 2.24) is 15.1 Å². The molecule has 4 heteroatoms. The van der Waals surface area contributed by atoms with E-state index in [1.807, 2.05) is 17.5 Å². The molecule has 0 aliphatic heterocycles. The Hall–Kier alpha value is -1.13. The lowest BCUT2D eigenvalue weighted by atomic mass is 10.2. The Labute approximate surface area is 112 Å². The number of rotatable bonds is 6. The molecule has 96 valence electrons. The van der Waals surface area contributed by atoms with E-state index in [1.165, 1.54) is 29.0 Å². The lowest BCUT2D eigenvalue weighted by molar-refractivity contribution is 0.598. The van der Waals surface area contributed by atoms with E-state index < -0.39 is 0 Å². The van der Waals surface area contributed by atoms with Crippen LogP contribution in [0.4, 0.5) is 0 Å². The average molecular weight is 261 g/mol. The van der Waals surface area contributed by atoms with Crippen molar-refractivity contribution in [3.8, 4) is 0 Å². The van der Waals surface area contributed by atoms with Gasteiger partial charge in [-0.3, -0.25) is 4.68 Å². The van der Waals surface area contributed by atoms with Crippen molar-refractivity contribution in [1.29, 1.82) is 0 Å². The fraction of sp³-hybridized carbons (Fsp3) is 0.500. The van der Waals surface area contributed by atoms with E-state index in [4.69, 9.17) is 0 Å². The maximum Gasteiger partial charge on any atom is 0.0537 e. The van der Waals surface area contributed by atoms with Crippen LogP contribution in [0.15, 0.2) is 23.7 Å². The van der Waals surface area contributed by atoms with E-state index in [0.717, 1.165) is 25.6 Å². The van der Waals surface area contributed by atoms with Gasteiger partial charge in [-0.1, -0.05) is 6.07 Å². The molecule has 0 atom stereocenters.